The van der Waals surface area contributed by atoms with E-state index in [9.17, 15) is 29.4 Å². The van der Waals surface area contributed by atoms with Gasteiger partial charge in [0.05, 0.1) is 6.04 Å². The third-order valence-electron chi connectivity index (χ3n) is 6.66. The first-order chi connectivity index (χ1) is 19.0. The summed E-state index contributed by atoms with van der Waals surface area (Å²) in [7, 11) is 0. The van der Waals surface area contributed by atoms with Crippen LogP contribution in [0.4, 0.5) is 0 Å². The highest BCUT2D eigenvalue weighted by molar-refractivity contribution is 7.98. The van der Waals surface area contributed by atoms with Crippen LogP contribution in [0.15, 0.2) is 54.6 Å². The van der Waals surface area contributed by atoms with Crippen LogP contribution in [0, 0.1) is 5.92 Å². The molecule has 5 unspecified atom stereocenters. The molecule has 0 bridgehead atoms. The van der Waals surface area contributed by atoms with Gasteiger partial charge in [-0.25, -0.2) is 4.79 Å². The van der Waals surface area contributed by atoms with Gasteiger partial charge in [-0.15, -0.1) is 0 Å². The minimum atomic E-state index is -1.17. The first kappa shape index (κ1) is 32.6. The van der Waals surface area contributed by atoms with E-state index in [1.165, 1.54) is 23.9 Å². The van der Waals surface area contributed by atoms with Gasteiger partial charge in [0.15, 0.2) is 0 Å². The number of carbonyl (C=O) groups is 4. The molecule has 40 heavy (non-hydrogen) atoms. The van der Waals surface area contributed by atoms with Crippen molar-refractivity contribution in [2.24, 2.45) is 11.7 Å². The highest BCUT2D eigenvalue weighted by atomic mass is 32.2. The quantitative estimate of drug-likeness (QED) is 0.177. The van der Waals surface area contributed by atoms with Gasteiger partial charge in [0, 0.05) is 6.42 Å². The number of aliphatic carboxylic acids is 1. The van der Waals surface area contributed by atoms with E-state index in [-0.39, 0.29) is 24.5 Å². The monoisotopic (exact) mass is 572 g/mol. The number of phenols is 1. The second-order valence-electron chi connectivity index (χ2n) is 9.78. The molecule has 218 valence electrons. The fourth-order valence-corrected chi connectivity index (χ4v) is 4.50. The van der Waals surface area contributed by atoms with Crippen molar-refractivity contribution in [2.45, 2.75) is 63.7 Å². The molecule has 10 nitrogen and oxygen atoms in total. The predicted molar refractivity (Wildman–Crippen MR) is 156 cm³/mol. The van der Waals surface area contributed by atoms with E-state index < -0.39 is 47.9 Å². The molecule has 0 aliphatic heterocycles. The number of amides is 3. The van der Waals surface area contributed by atoms with E-state index >= 15 is 0 Å². The second-order valence-corrected chi connectivity index (χ2v) is 10.8. The average Bonchev–Trinajstić information content (AvgIpc) is 2.94. The number of hydrogen-bond donors (Lipinski definition) is 6. The molecule has 0 fully saturated rings. The van der Waals surface area contributed by atoms with Crippen LogP contribution in [0.5, 0.6) is 5.75 Å². The zero-order chi connectivity index (χ0) is 29.7. The predicted octanol–water partition coefficient (Wildman–Crippen LogP) is 1.84. The van der Waals surface area contributed by atoms with Gasteiger partial charge in [-0.3, -0.25) is 14.4 Å². The number of benzene rings is 2. The fourth-order valence-electron chi connectivity index (χ4n) is 4.03. The van der Waals surface area contributed by atoms with Gasteiger partial charge < -0.3 is 31.9 Å². The van der Waals surface area contributed by atoms with Crippen LogP contribution in [0.2, 0.25) is 0 Å². The lowest BCUT2D eigenvalue weighted by atomic mass is 9.96. The first-order valence-corrected chi connectivity index (χ1v) is 14.6. The van der Waals surface area contributed by atoms with Gasteiger partial charge in [0.2, 0.25) is 17.7 Å². The third-order valence-corrected chi connectivity index (χ3v) is 7.31. The molecule has 0 aliphatic carbocycles. The van der Waals surface area contributed by atoms with Gasteiger partial charge in [-0.05, 0) is 54.0 Å². The van der Waals surface area contributed by atoms with Crippen molar-refractivity contribution >= 4 is 35.5 Å². The Bertz CT molecular complexity index is 1120. The Labute approximate surface area is 239 Å². The molecule has 0 saturated carbocycles. The van der Waals surface area contributed by atoms with E-state index in [2.05, 4.69) is 16.0 Å². The summed E-state index contributed by atoms with van der Waals surface area (Å²) in [6.45, 7) is 3.69. The number of carbonyl (C=O) groups excluding carboxylic acids is 3. The molecule has 2 aromatic rings. The maximum atomic E-state index is 13.5. The van der Waals surface area contributed by atoms with Crippen LogP contribution >= 0.6 is 11.8 Å². The molecular weight excluding hydrogens is 532 g/mol. The number of thioether (sulfide) groups is 1. The Morgan fingerprint density at radius 1 is 0.850 bits per heavy atom. The zero-order valence-corrected chi connectivity index (χ0v) is 23.9. The number of rotatable bonds is 16. The minimum Gasteiger partial charge on any atom is -0.508 e. The summed E-state index contributed by atoms with van der Waals surface area (Å²) < 4.78 is 0. The van der Waals surface area contributed by atoms with Crippen molar-refractivity contribution in [2.75, 3.05) is 12.0 Å². The van der Waals surface area contributed by atoms with Gasteiger partial charge in [0.25, 0.3) is 0 Å². The molecule has 0 heterocycles. The summed E-state index contributed by atoms with van der Waals surface area (Å²) in [5.41, 5.74) is 7.67. The third kappa shape index (κ3) is 10.5. The van der Waals surface area contributed by atoms with Crippen molar-refractivity contribution < 1.29 is 29.4 Å². The lowest BCUT2D eigenvalue weighted by Gasteiger charge is -2.28. The normalized spacial score (nSPS) is 14.7. The van der Waals surface area contributed by atoms with Crippen LogP contribution in [0.3, 0.4) is 0 Å². The SMILES string of the molecule is CCC(C)C(NC(=O)C(N)Cc1ccccc1)C(=O)NC(Cc1ccc(O)cc1)C(=O)NC(CCSC)C(=O)O. The maximum absolute atomic E-state index is 13.5. The van der Waals surface area contributed by atoms with E-state index in [4.69, 9.17) is 5.73 Å². The summed E-state index contributed by atoms with van der Waals surface area (Å²) in [4.78, 5) is 51.5. The molecule has 0 saturated heterocycles. The van der Waals surface area contributed by atoms with Crippen LogP contribution in [-0.4, -0.2) is 70.1 Å². The van der Waals surface area contributed by atoms with Crippen molar-refractivity contribution in [3.8, 4) is 5.75 Å². The Kier molecular flexibility index (Phi) is 13.5. The number of carboxylic acids is 1. The molecule has 7 N–H and O–H groups in total. The number of nitrogens with one attached hydrogen (secondary N) is 3. The number of hydrogen-bond acceptors (Lipinski definition) is 7. The zero-order valence-electron chi connectivity index (χ0n) is 23.1. The van der Waals surface area contributed by atoms with Crippen LogP contribution in [0.1, 0.15) is 37.8 Å². The number of carboxylic acid groups (broad SMARTS) is 1. The average molecular weight is 573 g/mol. The van der Waals surface area contributed by atoms with Crippen molar-refractivity contribution in [1.29, 1.82) is 0 Å². The molecule has 2 aromatic carbocycles. The molecule has 0 radical (unpaired) electrons. The molecule has 11 heteroatoms. The van der Waals surface area contributed by atoms with Crippen LogP contribution in [-0.2, 0) is 32.0 Å². The Morgan fingerprint density at radius 2 is 1.45 bits per heavy atom. The second kappa shape index (κ2) is 16.5. The lowest BCUT2D eigenvalue weighted by Crippen LogP contribution is -2.59. The molecule has 0 aromatic heterocycles. The summed E-state index contributed by atoms with van der Waals surface area (Å²) in [5.74, 6) is -2.62. The van der Waals surface area contributed by atoms with Crippen molar-refractivity contribution in [3.05, 3.63) is 65.7 Å². The summed E-state index contributed by atoms with van der Waals surface area (Å²) in [6, 6.07) is 11.3. The van der Waals surface area contributed by atoms with Crippen LogP contribution < -0.4 is 21.7 Å². The summed E-state index contributed by atoms with van der Waals surface area (Å²) in [5, 5.41) is 27.2. The summed E-state index contributed by atoms with van der Waals surface area (Å²) >= 11 is 1.46. The Morgan fingerprint density at radius 3 is 2.02 bits per heavy atom. The van der Waals surface area contributed by atoms with Gasteiger partial charge in [-0.1, -0.05) is 62.7 Å². The Hall–Kier alpha value is -3.57. The number of aromatic hydroxyl groups is 1. The summed E-state index contributed by atoms with van der Waals surface area (Å²) in [6.07, 6.45) is 2.95. The molecule has 3 amide bonds. The highest BCUT2D eigenvalue weighted by Crippen LogP contribution is 2.14. The van der Waals surface area contributed by atoms with Crippen molar-refractivity contribution in [3.63, 3.8) is 0 Å². The highest BCUT2D eigenvalue weighted by Gasteiger charge is 2.32. The maximum Gasteiger partial charge on any atom is 0.326 e. The van der Waals surface area contributed by atoms with Crippen molar-refractivity contribution in [1.82, 2.24) is 16.0 Å². The molecule has 2 rings (SSSR count). The van der Waals surface area contributed by atoms with E-state index in [1.807, 2.05) is 50.4 Å². The molecule has 0 spiro atoms. The number of nitrogens with two attached hydrogens (primary N) is 1. The minimum absolute atomic E-state index is 0.0431. The molecule has 0 aliphatic rings. The molecular formula is C29H40N4O6S. The van der Waals surface area contributed by atoms with E-state index in [0.717, 1.165) is 5.56 Å². The van der Waals surface area contributed by atoms with Gasteiger partial charge >= 0.3 is 5.97 Å². The number of phenolic OH excluding ortho intramolecular Hbond substituents is 1. The van der Waals surface area contributed by atoms with E-state index in [1.54, 1.807) is 12.1 Å². The van der Waals surface area contributed by atoms with E-state index in [0.29, 0.717) is 24.2 Å². The largest absolute Gasteiger partial charge is 0.508 e. The fraction of sp³-hybridized carbons (Fsp3) is 0.448. The molecule has 5 atom stereocenters. The smallest absolute Gasteiger partial charge is 0.326 e. The first-order valence-electron chi connectivity index (χ1n) is 13.3. The topological polar surface area (TPSA) is 171 Å². The lowest BCUT2D eigenvalue weighted by molar-refractivity contribution is -0.142. The van der Waals surface area contributed by atoms with Gasteiger partial charge in [-0.2, -0.15) is 11.8 Å². The van der Waals surface area contributed by atoms with Gasteiger partial charge in [0.1, 0.15) is 23.9 Å². The van der Waals surface area contributed by atoms with Crippen LogP contribution in [0.25, 0.3) is 0 Å². The standard InChI is InChI=1S/C29H40N4O6S/c1-4-18(2)25(33-26(35)22(30)16-19-8-6-5-7-9-19)28(37)32-24(17-20-10-12-21(34)13-11-20)27(36)31-23(29(38)39)14-15-40-3/h5-13,18,22-25,34H,4,14-17,30H2,1-3H3,(H,31,36)(H,32,37)(H,33,35)(H,38,39). The Balaban J connectivity index is 2.22.